The van der Waals surface area contributed by atoms with Crippen molar-refractivity contribution in [3.63, 3.8) is 0 Å². The van der Waals surface area contributed by atoms with Crippen LogP contribution in [0.2, 0.25) is 0 Å². The van der Waals surface area contributed by atoms with Crippen LogP contribution in [-0.2, 0) is 11.3 Å². The molecule has 0 bridgehead atoms. The summed E-state index contributed by atoms with van der Waals surface area (Å²) in [5, 5.41) is 13.3. The summed E-state index contributed by atoms with van der Waals surface area (Å²) >= 11 is 2.61. The van der Waals surface area contributed by atoms with Gasteiger partial charge in [-0.05, 0) is 31.2 Å². The number of pyridine rings is 1. The van der Waals surface area contributed by atoms with Gasteiger partial charge in [0.15, 0.2) is 4.34 Å². The fraction of sp³-hybridized carbons (Fsp3) is 0.118. The SMILES string of the molecule is Cc1csc(Sc2ccc(C(=O)OCc3ccccn3)cc2[N+](=O)[O-])n1. The molecule has 2 heterocycles. The Bertz CT molecular complexity index is 944. The zero-order valence-corrected chi connectivity index (χ0v) is 15.3. The molecule has 132 valence electrons. The second kappa shape index (κ2) is 8.07. The lowest BCUT2D eigenvalue weighted by molar-refractivity contribution is -0.387. The summed E-state index contributed by atoms with van der Waals surface area (Å²) in [4.78, 5) is 31.8. The van der Waals surface area contributed by atoms with Crippen molar-refractivity contribution in [1.82, 2.24) is 9.97 Å². The van der Waals surface area contributed by atoms with Crippen molar-refractivity contribution in [2.24, 2.45) is 0 Å². The number of esters is 1. The Kier molecular flexibility index (Phi) is 5.59. The van der Waals surface area contributed by atoms with Gasteiger partial charge in [0, 0.05) is 23.3 Å². The van der Waals surface area contributed by atoms with Crippen molar-refractivity contribution in [2.45, 2.75) is 22.8 Å². The van der Waals surface area contributed by atoms with Gasteiger partial charge >= 0.3 is 5.97 Å². The molecule has 0 spiro atoms. The standard InChI is InChI=1S/C17H13N3O4S2/c1-11-10-25-17(19-11)26-15-6-5-12(8-14(15)20(22)23)16(21)24-9-13-4-2-3-7-18-13/h2-8,10H,9H2,1H3. The largest absolute Gasteiger partial charge is 0.456 e. The number of aromatic nitrogens is 2. The molecule has 0 aliphatic heterocycles. The van der Waals surface area contributed by atoms with E-state index in [1.165, 1.54) is 41.3 Å². The number of aryl methyl sites for hydroxylation is 1. The third kappa shape index (κ3) is 4.44. The Morgan fingerprint density at radius 2 is 2.19 bits per heavy atom. The van der Waals surface area contributed by atoms with Crippen molar-refractivity contribution in [2.75, 3.05) is 0 Å². The number of ether oxygens (including phenoxy) is 1. The fourth-order valence-corrected chi connectivity index (χ4v) is 3.93. The topological polar surface area (TPSA) is 95.2 Å². The van der Waals surface area contributed by atoms with Crippen LogP contribution >= 0.6 is 23.1 Å². The zero-order chi connectivity index (χ0) is 18.5. The maximum absolute atomic E-state index is 12.2. The smallest absolute Gasteiger partial charge is 0.338 e. The number of benzene rings is 1. The summed E-state index contributed by atoms with van der Waals surface area (Å²) < 4.78 is 5.87. The molecule has 0 radical (unpaired) electrons. The number of nitrogens with zero attached hydrogens (tertiary/aromatic N) is 3. The van der Waals surface area contributed by atoms with Gasteiger partial charge in [-0.3, -0.25) is 15.1 Å². The number of rotatable bonds is 6. The number of hydrogen-bond donors (Lipinski definition) is 0. The molecule has 0 atom stereocenters. The summed E-state index contributed by atoms with van der Waals surface area (Å²) in [6.07, 6.45) is 1.60. The first-order chi connectivity index (χ1) is 12.5. The lowest BCUT2D eigenvalue weighted by Crippen LogP contribution is -2.07. The average Bonchev–Trinajstić information content (AvgIpc) is 3.05. The quantitative estimate of drug-likeness (QED) is 0.354. The van der Waals surface area contributed by atoms with Gasteiger partial charge < -0.3 is 4.74 Å². The Hall–Kier alpha value is -2.78. The molecule has 3 aromatic rings. The Morgan fingerprint density at radius 1 is 1.35 bits per heavy atom. The maximum Gasteiger partial charge on any atom is 0.338 e. The van der Waals surface area contributed by atoms with Crippen LogP contribution in [0.5, 0.6) is 0 Å². The van der Waals surface area contributed by atoms with Gasteiger partial charge in [0.1, 0.15) is 6.61 Å². The van der Waals surface area contributed by atoms with Crippen LogP contribution in [0, 0.1) is 17.0 Å². The number of nitro groups is 1. The minimum Gasteiger partial charge on any atom is -0.456 e. The van der Waals surface area contributed by atoms with E-state index in [0.29, 0.717) is 14.9 Å². The molecule has 0 saturated heterocycles. The summed E-state index contributed by atoms with van der Waals surface area (Å²) in [5.74, 6) is -0.639. The summed E-state index contributed by atoms with van der Waals surface area (Å²) in [6.45, 7) is 1.86. The highest BCUT2D eigenvalue weighted by Crippen LogP contribution is 2.36. The second-order valence-corrected chi connectivity index (χ2v) is 7.34. The molecule has 0 aliphatic carbocycles. The van der Waals surface area contributed by atoms with Gasteiger partial charge in [0.2, 0.25) is 0 Å². The molecule has 0 unspecified atom stereocenters. The normalized spacial score (nSPS) is 10.5. The van der Waals surface area contributed by atoms with E-state index in [0.717, 1.165) is 5.69 Å². The first-order valence-electron chi connectivity index (χ1n) is 7.48. The molecule has 0 N–H and O–H groups in total. The molecule has 26 heavy (non-hydrogen) atoms. The summed E-state index contributed by atoms with van der Waals surface area (Å²) in [7, 11) is 0. The maximum atomic E-state index is 12.2. The number of thiazole rings is 1. The highest BCUT2D eigenvalue weighted by atomic mass is 32.2. The average molecular weight is 387 g/mol. The third-order valence-corrected chi connectivity index (χ3v) is 5.39. The van der Waals surface area contributed by atoms with Crippen LogP contribution in [0.15, 0.2) is 57.2 Å². The molecular formula is C17H13N3O4S2. The van der Waals surface area contributed by atoms with Crippen LogP contribution in [0.1, 0.15) is 21.7 Å². The van der Waals surface area contributed by atoms with E-state index >= 15 is 0 Å². The van der Waals surface area contributed by atoms with Crippen molar-refractivity contribution in [1.29, 1.82) is 0 Å². The number of carbonyl (C=O) groups excluding carboxylic acids is 1. The van der Waals surface area contributed by atoms with Crippen LogP contribution in [0.4, 0.5) is 5.69 Å². The fourth-order valence-electron chi connectivity index (χ4n) is 2.05. The lowest BCUT2D eigenvalue weighted by atomic mass is 10.2. The molecular weight excluding hydrogens is 374 g/mol. The molecule has 0 amide bonds. The van der Waals surface area contributed by atoms with Gasteiger partial charge in [-0.2, -0.15) is 0 Å². The molecule has 0 saturated carbocycles. The minimum absolute atomic E-state index is 0.00235. The molecule has 0 aliphatic rings. The molecule has 9 heteroatoms. The first-order valence-corrected chi connectivity index (χ1v) is 9.18. The van der Waals surface area contributed by atoms with Gasteiger partial charge in [-0.1, -0.05) is 17.8 Å². The lowest BCUT2D eigenvalue weighted by Gasteiger charge is -2.06. The van der Waals surface area contributed by atoms with Crippen molar-refractivity contribution < 1.29 is 14.5 Å². The van der Waals surface area contributed by atoms with Crippen molar-refractivity contribution in [3.05, 3.63) is 75.0 Å². The minimum atomic E-state index is -0.639. The van der Waals surface area contributed by atoms with E-state index < -0.39 is 10.9 Å². The van der Waals surface area contributed by atoms with E-state index in [-0.39, 0.29) is 17.9 Å². The van der Waals surface area contributed by atoms with Crippen LogP contribution in [0.25, 0.3) is 0 Å². The van der Waals surface area contributed by atoms with Crippen LogP contribution < -0.4 is 0 Å². The zero-order valence-electron chi connectivity index (χ0n) is 13.6. The molecule has 1 aromatic carbocycles. The summed E-state index contributed by atoms with van der Waals surface area (Å²) in [5.41, 5.74) is 1.42. The Labute approximate surface area is 157 Å². The van der Waals surface area contributed by atoms with Gasteiger partial charge in [-0.15, -0.1) is 11.3 Å². The predicted molar refractivity (Wildman–Crippen MR) is 97.4 cm³/mol. The Balaban J connectivity index is 1.77. The van der Waals surface area contributed by atoms with E-state index in [9.17, 15) is 14.9 Å². The number of hydrogen-bond acceptors (Lipinski definition) is 8. The first kappa shape index (κ1) is 18.0. The van der Waals surface area contributed by atoms with Gasteiger partial charge in [0.25, 0.3) is 5.69 Å². The van der Waals surface area contributed by atoms with E-state index in [1.807, 2.05) is 12.3 Å². The highest BCUT2D eigenvalue weighted by Gasteiger charge is 2.20. The molecule has 7 nitrogen and oxygen atoms in total. The number of carbonyl (C=O) groups is 1. The summed E-state index contributed by atoms with van der Waals surface area (Å²) in [6, 6.07) is 9.55. The van der Waals surface area contributed by atoms with Crippen LogP contribution in [0.3, 0.4) is 0 Å². The van der Waals surface area contributed by atoms with Gasteiger partial charge in [0.05, 0.1) is 21.1 Å². The number of nitro benzene ring substituents is 1. The highest BCUT2D eigenvalue weighted by molar-refractivity contribution is 8.01. The van der Waals surface area contributed by atoms with Gasteiger partial charge in [-0.25, -0.2) is 9.78 Å². The van der Waals surface area contributed by atoms with Crippen molar-refractivity contribution in [3.8, 4) is 0 Å². The molecule has 3 rings (SSSR count). The Morgan fingerprint density at radius 3 is 2.85 bits per heavy atom. The van der Waals surface area contributed by atoms with E-state index in [2.05, 4.69) is 9.97 Å². The van der Waals surface area contributed by atoms with Crippen LogP contribution in [-0.4, -0.2) is 20.9 Å². The van der Waals surface area contributed by atoms with E-state index in [4.69, 9.17) is 4.74 Å². The second-order valence-electron chi connectivity index (χ2n) is 5.19. The predicted octanol–water partition coefficient (Wildman–Crippen LogP) is 4.26. The molecule has 2 aromatic heterocycles. The van der Waals surface area contributed by atoms with E-state index in [1.54, 1.807) is 24.4 Å². The molecule has 0 fully saturated rings. The van der Waals surface area contributed by atoms with Crippen molar-refractivity contribution >= 4 is 34.8 Å². The third-order valence-electron chi connectivity index (χ3n) is 3.26. The monoisotopic (exact) mass is 387 g/mol.